The van der Waals surface area contributed by atoms with Crippen LogP contribution in [0.25, 0.3) is 0 Å². The molecule has 0 spiro atoms. The summed E-state index contributed by atoms with van der Waals surface area (Å²) in [6.07, 6.45) is 1.80. The van der Waals surface area contributed by atoms with Gasteiger partial charge < -0.3 is 35.8 Å². The molecule has 6 amide bonds. The number of nitrogens with one attached hydrogen (secondary N) is 1. The number of amides is 6. The number of piperazine rings is 2. The summed E-state index contributed by atoms with van der Waals surface area (Å²) in [5, 5.41) is 2.20. The van der Waals surface area contributed by atoms with Crippen LogP contribution >= 0.6 is 0 Å². The van der Waals surface area contributed by atoms with Crippen LogP contribution in [0.15, 0.2) is 41.5 Å². The molecule has 3 saturated heterocycles. The van der Waals surface area contributed by atoms with Crippen LogP contribution < -0.4 is 26.6 Å². The molecule has 1 aromatic carbocycles. The Morgan fingerprint density at radius 1 is 0.854 bits per heavy atom. The maximum absolute atomic E-state index is 13.5. The van der Waals surface area contributed by atoms with Crippen molar-refractivity contribution in [2.24, 2.45) is 16.5 Å². The molecule has 6 rings (SSSR count). The Balaban J connectivity index is 0.954. The third-order valence-electron chi connectivity index (χ3n) is 8.84. The van der Waals surface area contributed by atoms with Crippen molar-refractivity contribution in [3.8, 4) is 0 Å². The summed E-state index contributed by atoms with van der Waals surface area (Å²) in [5.74, 6) is -2.35. The first-order valence-corrected chi connectivity index (χ1v) is 15.6. The standard InChI is InChI=1S/C31H36N10O7/c32-31(33)35-23-6-4-19(16-34-23)37-8-12-39(13-9-37)25(43)17-48-18-26(44)40-14-10-38(11-15-40)21-3-1-2-20-27(21)30(47)41(29(20)46)22-5-7-24(42)36-28(22)45/h1-4,6,16,22H,5,7-15,17-18H2,(H,36,42,45)(H4,32,33,34,35). The molecule has 17 nitrogen and oxygen atoms in total. The minimum Gasteiger partial charge on any atom is -0.370 e. The number of guanidine groups is 1. The summed E-state index contributed by atoms with van der Waals surface area (Å²) in [6, 6.07) is 7.51. The molecule has 252 valence electrons. The van der Waals surface area contributed by atoms with E-state index in [2.05, 4.69) is 20.2 Å². The van der Waals surface area contributed by atoms with Crippen LogP contribution in [0.1, 0.15) is 33.6 Å². The highest BCUT2D eigenvalue weighted by Gasteiger charge is 2.46. The molecule has 3 fully saturated rings. The van der Waals surface area contributed by atoms with E-state index in [0.29, 0.717) is 63.9 Å². The number of fused-ring (bicyclic) bond motifs is 1. The molecule has 0 bridgehead atoms. The summed E-state index contributed by atoms with van der Waals surface area (Å²) in [5.41, 5.74) is 12.6. The number of imide groups is 2. The average Bonchev–Trinajstić information content (AvgIpc) is 3.34. The molecule has 2 aromatic rings. The van der Waals surface area contributed by atoms with E-state index in [9.17, 15) is 28.8 Å². The SMILES string of the molecule is NC(N)=Nc1ccc(N2CCN(C(=O)COCC(=O)N3CCN(c4cccc5c4C(=O)N(C4CCC(=O)NC4=O)C5=O)CC3)CC2)cn1. The average molecular weight is 661 g/mol. The number of rotatable bonds is 8. The van der Waals surface area contributed by atoms with E-state index in [1.54, 1.807) is 40.3 Å². The van der Waals surface area contributed by atoms with Gasteiger partial charge in [-0.25, -0.2) is 4.98 Å². The quantitative estimate of drug-likeness (QED) is 0.166. The molecule has 1 aromatic heterocycles. The molecule has 5 N–H and O–H groups in total. The summed E-state index contributed by atoms with van der Waals surface area (Å²) in [4.78, 5) is 92.8. The van der Waals surface area contributed by atoms with Gasteiger partial charge >= 0.3 is 0 Å². The number of piperidine rings is 1. The summed E-state index contributed by atoms with van der Waals surface area (Å²) < 4.78 is 5.51. The lowest BCUT2D eigenvalue weighted by Gasteiger charge is -2.37. The number of carbonyl (C=O) groups excluding carboxylic acids is 6. The number of aliphatic imine (C=N–C) groups is 1. The van der Waals surface area contributed by atoms with Crippen molar-refractivity contribution in [1.82, 2.24) is 25.0 Å². The maximum atomic E-state index is 13.5. The van der Waals surface area contributed by atoms with E-state index in [-0.39, 0.29) is 55.0 Å². The minimum absolute atomic E-state index is 0.0411. The molecule has 48 heavy (non-hydrogen) atoms. The lowest BCUT2D eigenvalue weighted by molar-refractivity contribution is -0.142. The van der Waals surface area contributed by atoms with Crippen LogP contribution in [0.3, 0.4) is 0 Å². The third kappa shape index (κ3) is 6.62. The fraction of sp³-hybridized carbons (Fsp3) is 0.419. The Bertz CT molecular complexity index is 1660. The van der Waals surface area contributed by atoms with Crippen molar-refractivity contribution in [3.05, 3.63) is 47.7 Å². The molecule has 0 radical (unpaired) electrons. The number of hydrogen-bond acceptors (Lipinski definition) is 11. The fourth-order valence-corrected chi connectivity index (χ4v) is 6.34. The number of pyridine rings is 1. The lowest BCUT2D eigenvalue weighted by atomic mass is 10.0. The third-order valence-corrected chi connectivity index (χ3v) is 8.84. The smallest absolute Gasteiger partial charge is 0.264 e. The van der Waals surface area contributed by atoms with E-state index in [1.807, 2.05) is 11.0 Å². The number of nitrogens with zero attached hydrogens (tertiary/aromatic N) is 7. The Morgan fingerprint density at radius 3 is 2.08 bits per heavy atom. The highest BCUT2D eigenvalue weighted by Crippen LogP contribution is 2.34. The predicted molar refractivity (Wildman–Crippen MR) is 171 cm³/mol. The van der Waals surface area contributed by atoms with Crippen molar-refractivity contribution in [2.75, 3.05) is 75.4 Å². The van der Waals surface area contributed by atoms with Gasteiger partial charge in [-0.1, -0.05) is 6.07 Å². The van der Waals surface area contributed by atoms with Crippen LogP contribution in [0.2, 0.25) is 0 Å². The number of benzene rings is 1. The number of hydrogen-bond donors (Lipinski definition) is 3. The van der Waals surface area contributed by atoms with Crippen LogP contribution in [-0.2, 0) is 23.9 Å². The zero-order chi connectivity index (χ0) is 33.9. The first kappa shape index (κ1) is 32.4. The number of carbonyl (C=O) groups is 6. The zero-order valence-corrected chi connectivity index (χ0v) is 26.2. The molecule has 0 saturated carbocycles. The van der Waals surface area contributed by atoms with Gasteiger partial charge in [-0.15, -0.1) is 0 Å². The molecular formula is C31H36N10O7. The van der Waals surface area contributed by atoms with E-state index in [4.69, 9.17) is 16.2 Å². The molecular weight excluding hydrogens is 624 g/mol. The second-order valence-corrected chi connectivity index (χ2v) is 11.8. The first-order chi connectivity index (χ1) is 23.1. The van der Waals surface area contributed by atoms with Crippen LogP contribution in [0.5, 0.6) is 0 Å². The Labute approximate surface area is 275 Å². The first-order valence-electron chi connectivity index (χ1n) is 15.6. The molecule has 1 unspecified atom stereocenters. The molecule has 1 atom stereocenters. The number of ether oxygens (including phenoxy) is 1. The van der Waals surface area contributed by atoms with Crippen LogP contribution in [0.4, 0.5) is 17.2 Å². The molecule has 4 aliphatic rings. The predicted octanol–water partition coefficient (Wildman–Crippen LogP) is -1.60. The monoisotopic (exact) mass is 660 g/mol. The highest BCUT2D eigenvalue weighted by atomic mass is 16.5. The van der Waals surface area contributed by atoms with Gasteiger partial charge in [0.1, 0.15) is 19.3 Å². The molecule has 5 heterocycles. The van der Waals surface area contributed by atoms with Crippen molar-refractivity contribution >= 4 is 58.6 Å². The normalized spacial score (nSPS) is 19.8. The number of nitrogens with two attached hydrogens (primary N) is 2. The van der Waals surface area contributed by atoms with Gasteiger partial charge in [0, 0.05) is 58.8 Å². The number of aromatic nitrogens is 1. The Morgan fingerprint density at radius 2 is 1.50 bits per heavy atom. The lowest BCUT2D eigenvalue weighted by Crippen LogP contribution is -2.54. The van der Waals surface area contributed by atoms with Crippen molar-refractivity contribution < 1.29 is 33.5 Å². The molecule has 17 heteroatoms. The summed E-state index contributed by atoms with van der Waals surface area (Å²) in [6.45, 7) is 3.26. The highest BCUT2D eigenvalue weighted by molar-refractivity contribution is 6.25. The largest absolute Gasteiger partial charge is 0.370 e. The zero-order valence-electron chi connectivity index (χ0n) is 26.2. The number of anilines is 2. The summed E-state index contributed by atoms with van der Waals surface area (Å²) in [7, 11) is 0. The molecule has 4 aliphatic heterocycles. The van der Waals surface area contributed by atoms with Crippen LogP contribution in [0, 0.1) is 0 Å². The van der Waals surface area contributed by atoms with Gasteiger partial charge in [-0.05, 0) is 30.7 Å². The van der Waals surface area contributed by atoms with Gasteiger partial charge in [0.25, 0.3) is 11.8 Å². The van der Waals surface area contributed by atoms with Crippen molar-refractivity contribution in [3.63, 3.8) is 0 Å². The van der Waals surface area contributed by atoms with E-state index in [0.717, 1.165) is 10.6 Å². The van der Waals surface area contributed by atoms with Gasteiger partial charge in [0.15, 0.2) is 11.8 Å². The van der Waals surface area contributed by atoms with Crippen LogP contribution in [-0.4, -0.2) is 133 Å². The topological polar surface area (TPSA) is 217 Å². The van der Waals surface area contributed by atoms with Gasteiger partial charge in [-0.2, -0.15) is 4.99 Å². The minimum atomic E-state index is -1.05. The Hall–Kier alpha value is -5.58. The van der Waals surface area contributed by atoms with E-state index in [1.165, 1.54) is 0 Å². The Kier molecular flexibility index (Phi) is 9.20. The summed E-state index contributed by atoms with van der Waals surface area (Å²) >= 11 is 0. The second-order valence-electron chi connectivity index (χ2n) is 11.8. The van der Waals surface area contributed by atoms with Crippen molar-refractivity contribution in [2.45, 2.75) is 18.9 Å². The van der Waals surface area contributed by atoms with Gasteiger partial charge in [0.05, 0.1) is 28.7 Å². The van der Waals surface area contributed by atoms with E-state index < -0.39 is 29.7 Å². The van der Waals surface area contributed by atoms with Gasteiger partial charge in [0.2, 0.25) is 23.6 Å². The van der Waals surface area contributed by atoms with Crippen molar-refractivity contribution in [1.29, 1.82) is 0 Å². The maximum Gasteiger partial charge on any atom is 0.264 e. The van der Waals surface area contributed by atoms with E-state index >= 15 is 0 Å². The fourth-order valence-electron chi connectivity index (χ4n) is 6.34. The molecule has 0 aliphatic carbocycles. The van der Waals surface area contributed by atoms with Gasteiger partial charge in [-0.3, -0.25) is 39.0 Å². The second kappa shape index (κ2) is 13.6.